The summed E-state index contributed by atoms with van der Waals surface area (Å²) in [5.41, 5.74) is 0.925. The van der Waals surface area contributed by atoms with E-state index in [2.05, 4.69) is 15.4 Å². The number of carbonyl (C=O) groups is 1. The predicted octanol–water partition coefficient (Wildman–Crippen LogP) is 3.39. The molecule has 0 aliphatic rings. The summed E-state index contributed by atoms with van der Waals surface area (Å²) >= 11 is 5.77. The van der Waals surface area contributed by atoms with Gasteiger partial charge in [-0.25, -0.2) is 9.67 Å². The summed E-state index contributed by atoms with van der Waals surface area (Å²) in [7, 11) is 0. The van der Waals surface area contributed by atoms with Gasteiger partial charge in [-0.3, -0.25) is 14.9 Å². The van der Waals surface area contributed by atoms with Crippen molar-refractivity contribution in [3.63, 3.8) is 0 Å². The van der Waals surface area contributed by atoms with Crippen LogP contribution in [0.1, 0.15) is 16.1 Å². The second-order valence-corrected chi connectivity index (χ2v) is 5.53. The lowest BCUT2D eigenvalue weighted by Crippen LogP contribution is -2.13. The summed E-state index contributed by atoms with van der Waals surface area (Å²) in [6.07, 6.45) is 3.05. The number of halogens is 1. The molecule has 3 rings (SSSR count). The van der Waals surface area contributed by atoms with E-state index in [0.29, 0.717) is 17.1 Å². The Labute approximate surface area is 147 Å². The van der Waals surface area contributed by atoms with Crippen LogP contribution in [-0.2, 0) is 0 Å². The maximum Gasteiger partial charge on any atom is 0.289 e. The number of aromatic nitrogens is 3. The molecule has 1 amide bonds. The summed E-state index contributed by atoms with van der Waals surface area (Å²) < 4.78 is 1.54. The highest BCUT2D eigenvalue weighted by atomic mass is 35.5. The fourth-order valence-electron chi connectivity index (χ4n) is 2.27. The Morgan fingerprint density at radius 3 is 2.80 bits per heavy atom. The summed E-state index contributed by atoms with van der Waals surface area (Å²) in [6, 6.07) is 9.42. The van der Waals surface area contributed by atoms with Gasteiger partial charge in [0.25, 0.3) is 11.6 Å². The average Bonchev–Trinajstić information content (AvgIpc) is 2.98. The number of carbonyl (C=O) groups excluding carboxylic acids is 1. The maximum absolute atomic E-state index is 12.5. The van der Waals surface area contributed by atoms with Gasteiger partial charge < -0.3 is 5.32 Å². The summed E-state index contributed by atoms with van der Waals surface area (Å²) in [4.78, 5) is 27.0. The van der Waals surface area contributed by atoms with Crippen LogP contribution < -0.4 is 5.32 Å². The van der Waals surface area contributed by atoms with Crippen molar-refractivity contribution >= 4 is 28.9 Å². The molecule has 1 aromatic carbocycles. The normalized spacial score (nSPS) is 10.5. The lowest BCUT2D eigenvalue weighted by molar-refractivity contribution is -0.384. The molecule has 0 aliphatic carbocycles. The Bertz CT molecular complexity index is 956. The van der Waals surface area contributed by atoms with E-state index in [1.54, 1.807) is 29.9 Å². The van der Waals surface area contributed by atoms with Crippen molar-refractivity contribution in [2.75, 3.05) is 5.32 Å². The van der Waals surface area contributed by atoms with Crippen LogP contribution >= 0.6 is 11.6 Å². The van der Waals surface area contributed by atoms with Crippen LogP contribution in [0.15, 0.2) is 48.8 Å². The minimum absolute atomic E-state index is 0.00199. The highest BCUT2D eigenvalue weighted by Crippen LogP contribution is 2.27. The SMILES string of the molecule is Cc1c(C(=O)Nc2ccc(Cl)c([N+](=O)[O-])c2)cnn1-c1ccccn1. The van der Waals surface area contributed by atoms with Gasteiger partial charge in [0, 0.05) is 18.0 Å². The predicted molar refractivity (Wildman–Crippen MR) is 92.2 cm³/mol. The monoisotopic (exact) mass is 357 g/mol. The number of pyridine rings is 1. The quantitative estimate of drug-likeness (QED) is 0.569. The molecule has 8 nitrogen and oxygen atoms in total. The van der Waals surface area contributed by atoms with Gasteiger partial charge in [0.2, 0.25) is 0 Å². The third-order valence-corrected chi connectivity index (χ3v) is 3.84. The van der Waals surface area contributed by atoms with Crippen molar-refractivity contribution < 1.29 is 9.72 Å². The minimum Gasteiger partial charge on any atom is -0.322 e. The summed E-state index contributed by atoms with van der Waals surface area (Å²) in [6.45, 7) is 1.74. The number of hydrogen-bond donors (Lipinski definition) is 1. The molecule has 3 aromatic rings. The fourth-order valence-corrected chi connectivity index (χ4v) is 2.46. The van der Waals surface area contributed by atoms with Crippen LogP contribution in [0.2, 0.25) is 5.02 Å². The fraction of sp³-hybridized carbons (Fsp3) is 0.0625. The number of nitrogens with zero attached hydrogens (tertiary/aromatic N) is 4. The smallest absolute Gasteiger partial charge is 0.289 e. The molecule has 0 fully saturated rings. The molecule has 0 atom stereocenters. The van der Waals surface area contributed by atoms with Crippen LogP contribution in [0.4, 0.5) is 11.4 Å². The van der Waals surface area contributed by atoms with Crippen molar-refractivity contribution in [1.29, 1.82) is 0 Å². The van der Waals surface area contributed by atoms with E-state index >= 15 is 0 Å². The van der Waals surface area contributed by atoms with Crippen LogP contribution in [0.25, 0.3) is 5.82 Å². The van der Waals surface area contributed by atoms with Crippen molar-refractivity contribution in [3.8, 4) is 5.82 Å². The molecule has 126 valence electrons. The Morgan fingerprint density at radius 2 is 2.12 bits per heavy atom. The van der Waals surface area contributed by atoms with Crippen molar-refractivity contribution in [2.24, 2.45) is 0 Å². The van der Waals surface area contributed by atoms with Crippen molar-refractivity contribution in [2.45, 2.75) is 6.92 Å². The van der Waals surface area contributed by atoms with Gasteiger partial charge in [0.05, 0.1) is 22.4 Å². The first kappa shape index (κ1) is 16.6. The van der Waals surface area contributed by atoms with Crippen LogP contribution in [-0.4, -0.2) is 25.6 Å². The third kappa shape index (κ3) is 3.33. The van der Waals surface area contributed by atoms with Gasteiger partial charge in [-0.1, -0.05) is 17.7 Å². The molecule has 9 heteroatoms. The van der Waals surface area contributed by atoms with E-state index in [1.165, 1.54) is 24.4 Å². The Hall–Kier alpha value is -3.26. The van der Waals surface area contributed by atoms with Crippen molar-refractivity contribution in [3.05, 3.63) is 75.2 Å². The van der Waals surface area contributed by atoms with E-state index in [9.17, 15) is 14.9 Å². The zero-order valence-corrected chi connectivity index (χ0v) is 13.8. The third-order valence-electron chi connectivity index (χ3n) is 3.52. The van der Waals surface area contributed by atoms with Gasteiger partial charge in [-0.05, 0) is 31.2 Å². The number of nitro groups is 1. The minimum atomic E-state index is -0.609. The number of rotatable bonds is 4. The number of hydrogen-bond acceptors (Lipinski definition) is 5. The van der Waals surface area contributed by atoms with Crippen LogP contribution in [0.3, 0.4) is 0 Å². The zero-order chi connectivity index (χ0) is 18.0. The molecule has 0 saturated carbocycles. The largest absolute Gasteiger partial charge is 0.322 e. The molecule has 2 heterocycles. The van der Waals surface area contributed by atoms with E-state index in [0.717, 1.165) is 0 Å². The molecule has 0 unspecified atom stereocenters. The highest BCUT2D eigenvalue weighted by Gasteiger charge is 2.18. The molecule has 25 heavy (non-hydrogen) atoms. The number of nitro benzene ring substituents is 1. The van der Waals surface area contributed by atoms with Gasteiger partial charge in [-0.15, -0.1) is 0 Å². The van der Waals surface area contributed by atoms with Gasteiger partial charge >= 0.3 is 0 Å². The number of benzene rings is 1. The second kappa shape index (κ2) is 6.70. The molecule has 0 saturated heterocycles. The van der Waals surface area contributed by atoms with Gasteiger partial charge in [-0.2, -0.15) is 5.10 Å². The Morgan fingerprint density at radius 1 is 1.32 bits per heavy atom. The lowest BCUT2D eigenvalue weighted by Gasteiger charge is -2.06. The first-order valence-electron chi connectivity index (χ1n) is 7.18. The average molecular weight is 358 g/mol. The summed E-state index contributed by atoms with van der Waals surface area (Å²) in [5.74, 6) is 0.150. The molecular weight excluding hydrogens is 346 g/mol. The molecule has 0 radical (unpaired) electrons. The van der Waals surface area contributed by atoms with E-state index in [4.69, 9.17) is 11.6 Å². The highest BCUT2D eigenvalue weighted by molar-refractivity contribution is 6.32. The molecule has 1 N–H and O–H groups in total. The molecule has 2 aromatic heterocycles. The lowest BCUT2D eigenvalue weighted by atomic mass is 10.2. The molecule has 0 aliphatic heterocycles. The molecule has 0 bridgehead atoms. The molecule has 0 spiro atoms. The number of anilines is 1. The van der Waals surface area contributed by atoms with Crippen molar-refractivity contribution in [1.82, 2.24) is 14.8 Å². The maximum atomic E-state index is 12.5. The topological polar surface area (TPSA) is 103 Å². The Balaban J connectivity index is 1.87. The molecular formula is C16H12ClN5O3. The van der Waals surface area contributed by atoms with Gasteiger partial charge in [0.15, 0.2) is 5.82 Å². The van der Waals surface area contributed by atoms with Gasteiger partial charge in [0.1, 0.15) is 5.02 Å². The first-order chi connectivity index (χ1) is 12.0. The number of nitrogens with one attached hydrogen (secondary N) is 1. The van der Waals surface area contributed by atoms with E-state index in [1.807, 2.05) is 6.07 Å². The first-order valence-corrected chi connectivity index (χ1v) is 7.56. The van der Waals surface area contributed by atoms with Crippen LogP contribution in [0.5, 0.6) is 0 Å². The zero-order valence-electron chi connectivity index (χ0n) is 13.0. The van der Waals surface area contributed by atoms with E-state index in [-0.39, 0.29) is 16.4 Å². The number of amides is 1. The summed E-state index contributed by atoms with van der Waals surface area (Å²) in [5, 5.41) is 17.7. The second-order valence-electron chi connectivity index (χ2n) is 5.12. The standard InChI is InChI=1S/C16H12ClN5O3/c1-10-12(9-19-21(10)15-4-2-3-7-18-15)16(23)20-11-5-6-13(17)14(8-11)22(24)25/h2-9H,1H3,(H,20,23). The Kier molecular flexibility index (Phi) is 4.44. The van der Waals surface area contributed by atoms with Crippen LogP contribution in [0, 0.1) is 17.0 Å². The van der Waals surface area contributed by atoms with E-state index < -0.39 is 10.8 Å².